The molecule has 3 amide bonds. The van der Waals surface area contributed by atoms with Gasteiger partial charge >= 0.3 is 0 Å². The molecule has 0 spiro atoms. The van der Waals surface area contributed by atoms with Crippen LogP contribution in [0, 0.1) is 0 Å². The SMILES string of the molecule is O=C(CCN1C(=O)Cc2ccccc2C1=O)N1CCN(c2cccc(Cl)c2)CC1. The number of hydrogen-bond donors (Lipinski definition) is 0. The summed E-state index contributed by atoms with van der Waals surface area (Å²) in [6.07, 6.45) is 0.352. The molecule has 0 N–H and O–H groups in total. The molecule has 0 unspecified atom stereocenters. The quantitative estimate of drug-likeness (QED) is 0.725. The highest BCUT2D eigenvalue weighted by molar-refractivity contribution is 6.30. The minimum absolute atomic E-state index is 0.0322. The van der Waals surface area contributed by atoms with Gasteiger partial charge in [-0.3, -0.25) is 19.3 Å². The zero-order valence-corrected chi connectivity index (χ0v) is 16.8. The molecule has 2 aromatic rings. The maximum absolute atomic E-state index is 12.6. The Morgan fingerprint density at radius 2 is 1.72 bits per heavy atom. The fourth-order valence-corrected chi connectivity index (χ4v) is 4.06. The van der Waals surface area contributed by atoms with Crippen LogP contribution in [0.25, 0.3) is 0 Å². The number of nitrogens with zero attached hydrogens (tertiary/aromatic N) is 3. The van der Waals surface area contributed by atoms with Crippen LogP contribution in [0.1, 0.15) is 22.3 Å². The number of hydrogen-bond acceptors (Lipinski definition) is 4. The van der Waals surface area contributed by atoms with Crippen LogP contribution >= 0.6 is 11.6 Å². The third kappa shape index (κ3) is 4.12. The van der Waals surface area contributed by atoms with E-state index < -0.39 is 0 Å². The molecule has 6 nitrogen and oxygen atoms in total. The normalized spacial score (nSPS) is 16.8. The first-order valence-corrected chi connectivity index (χ1v) is 10.1. The van der Waals surface area contributed by atoms with Gasteiger partial charge in [0.25, 0.3) is 5.91 Å². The van der Waals surface area contributed by atoms with Crippen LogP contribution in [0.2, 0.25) is 5.02 Å². The van der Waals surface area contributed by atoms with E-state index in [1.54, 1.807) is 23.1 Å². The molecule has 2 aromatic carbocycles. The van der Waals surface area contributed by atoms with Crippen LogP contribution in [0.5, 0.6) is 0 Å². The van der Waals surface area contributed by atoms with E-state index in [-0.39, 0.29) is 37.1 Å². The van der Waals surface area contributed by atoms with Gasteiger partial charge in [-0.15, -0.1) is 0 Å². The van der Waals surface area contributed by atoms with E-state index in [9.17, 15) is 14.4 Å². The number of rotatable bonds is 4. The van der Waals surface area contributed by atoms with Crippen LogP contribution in [0.15, 0.2) is 48.5 Å². The molecule has 0 aromatic heterocycles. The number of carbonyl (C=O) groups excluding carboxylic acids is 3. The molecule has 0 aliphatic carbocycles. The van der Waals surface area contributed by atoms with E-state index in [2.05, 4.69) is 4.90 Å². The Hall–Kier alpha value is -2.86. The Morgan fingerprint density at radius 3 is 2.48 bits per heavy atom. The van der Waals surface area contributed by atoms with Gasteiger partial charge < -0.3 is 9.80 Å². The number of carbonyl (C=O) groups is 3. The standard InChI is InChI=1S/C22H22ClN3O3/c23-17-5-3-6-18(15-17)24-10-12-25(13-11-24)20(27)8-9-26-21(28)14-16-4-1-2-7-19(16)22(26)29/h1-7,15H,8-14H2. The van der Waals surface area contributed by atoms with Crippen molar-refractivity contribution in [1.29, 1.82) is 0 Å². The van der Waals surface area contributed by atoms with E-state index >= 15 is 0 Å². The lowest BCUT2D eigenvalue weighted by Gasteiger charge is -2.36. The average Bonchev–Trinajstić information content (AvgIpc) is 2.73. The number of imide groups is 1. The van der Waals surface area contributed by atoms with Crippen molar-refractivity contribution in [1.82, 2.24) is 9.80 Å². The highest BCUT2D eigenvalue weighted by Gasteiger charge is 2.31. The summed E-state index contributed by atoms with van der Waals surface area (Å²) in [7, 11) is 0. The van der Waals surface area contributed by atoms with Crippen LogP contribution in [0.3, 0.4) is 0 Å². The number of halogens is 1. The molecular weight excluding hydrogens is 390 g/mol. The largest absolute Gasteiger partial charge is 0.368 e. The Morgan fingerprint density at radius 1 is 0.966 bits per heavy atom. The Kier molecular flexibility index (Phi) is 5.53. The number of fused-ring (bicyclic) bond motifs is 1. The molecule has 29 heavy (non-hydrogen) atoms. The second-order valence-corrected chi connectivity index (χ2v) is 7.72. The topological polar surface area (TPSA) is 60.9 Å². The Labute approximate surface area is 174 Å². The molecule has 0 radical (unpaired) electrons. The molecule has 2 heterocycles. The lowest BCUT2D eigenvalue weighted by Crippen LogP contribution is -2.50. The first kappa shape index (κ1) is 19.5. The fraction of sp³-hybridized carbons (Fsp3) is 0.318. The lowest BCUT2D eigenvalue weighted by molar-refractivity contribution is -0.133. The van der Waals surface area contributed by atoms with Crippen molar-refractivity contribution >= 4 is 35.0 Å². The van der Waals surface area contributed by atoms with Gasteiger partial charge in [-0.05, 0) is 29.8 Å². The monoisotopic (exact) mass is 411 g/mol. The summed E-state index contributed by atoms with van der Waals surface area (Å²) in [4.78, 5) is 42.8. The number of amides is 3. The molecule has 7 heteroatoms. The van der Waals surface area contributed by atoms with Crippen LogP contribution in [-0.2, 0) is 16.0 Å². The molecular formula is C22H22ClN3O3. The predicted octanol–water partition coefficient (Wildman–Crippen LogP) is 2.60. The highest BCUT2D eigenvalue weighted by atomic mass is 35.5. The van der Waals surface area contributed by atoms with E-state index in [4.69, 9.17) is 11.6 Å². The lowest BCUT2D eigenvalue weighted by atomic mass is 9.98. The second kappa shape index (κ2) is 8.25. The molecule has 1 fully saturated rings. The zero-order chi connectivity index (χ0) is 20.4. The van der Waals surface area contributed by atoms with Gasteiger partial charge in [0.15, 0.2) is 0 Å². The molecule has 2 aliphatic rings. The number of piperazine rings is 1. The number of benzene rings is 2. The summed E-state index contributed by atoms with van der Waals surface area (Å²) >= 11 is 6.06. The maximum atomic E-state index is 12.6. The van der Waals surface area contributed by atoms with Gasteiger partial charge in [0.2, 0.25) is 11.8 Å². The first-order chi connectivity index (χ1) is 14.0. The van der Waals surface area contributed by atoms with Gasteiger partial charge in [0.05, 0.1) is 6.42 Å². The smallest absolute Gasteiger partial charge is 0.260 e. The summed E-state index contributed by atoms with van der Waals surface area (Å²) in [6, 6.07) is 14.8. The van der Waals surface area contributed by atoms with Crippen molar-refractivity contribution in [2.45, 2.75) is 12.8 Å². The summed E-state index contributed by atoms with van der Waals surface area (Å²) < 4.78 is 0. The predicted molar refractivity (Wildman–Crippen MR) is 111 cm³/mol. The summed E-state index contributed by atoms with van der Waals surface area (Å²) in [5.74, 6) is -0.585. The van der Waals surface area contributed by atoms with Crippen molar-refractivity contribution in [2.75, 3.05) is 37.6 Å². The number of anilines is 1. The summed E-state index contributed by atoms with van der Waals surface area (Å²) in [5.41, 5.74) is 2.35. The molecule has 4 rings (SSSR count). The highest BCUT2D eigenvalue weighted by Crippen LogP contribution is 2.22. The Bertz CT molecular complexity index is 954. The zero-order valence-electron chi connectivity index (χ0n) is 16.0. The van der Waals surface area contributed by atoms with Crippen LogP contribution in [-0.4, -0.2) is 60.2 Å². The molecule has 2 aliphatic heterocycles. The third-order valence-electron chi connectivity index (χ3n) is 5.49. The van der Waals surface area contributed by atoms with Crippen molar-refractivity contribution in [3.05, 3.63) is 64.7 Å². The van der Waals surface area contributed by atoms with Crippen molar-refractivity contribution in [3.63, 3.8) is 0 Å². The van der Waals surface area contributed by atoms with E-state index in [1.165, 1.54) is 4.90 Å². The minimum atomic E-state index is -0.310. The molecule has 150 valence electrons. The van der Waals surface area contributed by atoms with Gasteiger partial charge in [-0.2, -0.15) is 0 Å². The van der Waals surface area contributed by atoms with Gasteiger partial charge in [0.1, 0.15) is 0 Å². The van der Waals surface area contributed by atoms with E-state index in [0.29, 0.717) is 23.7 Å². The van der Waals surface area contributed by atoms with Crippen LogP contribution in [0.4, 0.5) is 5.69 Å². The molecule has 0 saturated carbocycles. The van der Waals surface area contributed by atoms with E-state index in [1.807, 2.05) is 30.3 Å². The Balaban J connectivity index is 1.32. The van der Waals surface area contributed by atoms with Crippen molar-refractivity contribution in [2.24, 2.45) is 0 Å². The molecule has 1 saturated heterocycles. The first-order valence-electron chi connectivity index (χ1n) is 9.74. The third-order valence-corrected chi connectivity index (χ3v) is 5.73. The van der Waals surface area contributed by atoms with Crippen molar-refractivity contribution in [3.8, 4) is 0 Å². The minimum Gasteiger partial charge on any atom is -0.368 e. The maximum Gasteiger partial charge on any atom is 0.260 e. The molecule has 0 bridgehead atoms. The van der Waals surface area contributed by atoms with Crippen LogP contribution < -0.4 is 4.90 Å². The molecule has 0 atom stereocenters. The van der Waals surface area contributed by atoms with Gasteiger partial charge in [-0.1, -0.05) is 35.9 Å². The second-order valence-electron chi connectivity index (χ2n) is 7.28. The van der Waals surface area contributed by atoms with Gasteiger partial charge in [0, 0.05) is 55.4 Å². The van der Waals surface area contributed by atoms with Crippen molar-refractivity contribution < 1.29 is 14.4 Å². The van der Waals surface area contributed by atoms with E-state index in [0.717, 1.165) is 24.3 Å². The summed E-state index contributed by atoms with van der Waals surface area (Å²) in [5, 5.41) is 0.693. The summed E-state index contributed by atoms with van der Waals surface area (Å²) in [6.45, 7) is 2.79. The fourth-order valence-electron chi connectivity index (χ4n) is 3.88. The average molecular weight is 412 g/mol. The van der Waals surface area contributed by atoms with Gasteiger partial charge in [-0.25, -0.2) is 0 Å².